The first-order valence-corrected chi connectivity index (χ1v) is 7.53. The molecule has 0 unspecified atom stereocenters. The van der Waals surface area contributed by atoms with E-state index in [-0.39, 0.29) is 0 Å². The minimum Gasteiger partial charge on any atom is -0.397 e. The summed E-state index contributed by atoms with van der Waals surface area (Å²) in [6.07, 6.45) is 3.63. The fourth-order valence-corrected chi connectivity index (χ4v) is 3.19. The molecule has 2 nitrogen and oxygen atoms in total. The number of thioether (sulfide) groups is 1. The molecule has 0 spiro atoms. The minimum absolute atomic E-state index is 0.850. The van der Waals surface area contributed by atoms with Gasteiger partial charge in [0.1, 0.15) is 0 Å². The molecule has 0 fully saturated rings. The Morgan fingerprint density at radius 3 is 2.90 bits per heavy atom. The van der Waals surface area contributed by atoms with E-state index >= 15 is 0 Å². The average Bonchev–Trinajstić information content (AvgIpc) is 2.47. The second-order valence-corrected chi connectivity index (χ2v) is 5.87. The highest BCUT2D eigenvalue weighted by atomic mass is 32.2. The molecule has 3 heteroatoms. The summed E-state index contributed by atoms with van der Waals surface area (Å²) in [5, 5.41) is 2.17. The van der Waals surface area contributed by atoms with Crippen LogP contribution in [0.5, 0.6) is 0 Å². The summed E-state index contributed by atoms with van der Waals surface area (Å²) in [4.78, 5) is 5.25. The van der Waals surface area contributed by atoms with E-state index in [2.05, 4.69) is 48.3 Å². The molecular weight excluding hydrogens is 264 g/mol. The molecule has 0 bridgehead atoms. The first-order chi connectivity index (χ1) is 9.74. The van der Waals surface area contributed by atoms with Gasteiger partial charge in [-0.3, -0.25) is 4.98 Å². The molecule has 20 heavy (non-hydrogen) atoms. The van der Waals surface area contributed by atoms with Crippen molar-refractivity contribution in [1.29, 1.82) is 0 Å². The average molecular weight is 280 g/mol. The topological polar surface area (TPSA) is 38.9 Å². The van der Waals surface area contributed by atoms with Crippen molar-refractivity contribution in [2.75, 3.05) is 5.73 Å². The third-order valence-corrected chi connectivity index (χ3v) is 4.44. The molecule has 0 radical (unpaired) electrons. The number of nitrogens with zero attached hydrogens (tertiary/aromatic N) is 1. The van der Waals surface area contributed by atoms with Gasteiger partial charge in [-0.05, 0) is 24.6 Å². The zero-order valence-electron chi connectivity index (χ0n) is 11.3. The van der Waals surface area contributed by atoms with Gasteiger partial charge >= 0.3 is 0 Å². The van der Waals surface area contributed by atoms with Crippen LogP contribution in [0.2, 0.25) is 0 Å². The molecule has 1 heterocycles. The van der Waals surface area contributed by atoms with Crippen molar-refractivity contribution >= 4 is 28.2 Å². The number of hydrogen-bond acceptors (Lipinski definition) is 3. The summed E-state index contributed by atoms with van der Waals surface area (Å²) in [7, 11) is 0. The van der Waals surface area contributed by atoms with Crippen LogP contribution in [-0.4, -0.2) is 4.98 Å². The van der Waals surface area contributed by atoms with Gasteiger partial charge in [-0.1, -0.05) is 35.9 Å². The predicted octanol–water partition coefficient (Wildman–Crippen LogP) is 4.42. The smallest absolute Gasteiger partial charge is 0.0533 e. The molecule has 2 aromatic carbocycles. The Kier molecular flexibility index (Phi) is 3.61. The number of fused-ring (bicyclic) bond motifs is 1. The van der Waals surface area contributed by atoms with Gasteiger partial charge < -0.3 is 5.73 Å². The lowest BCUT2D eigenvalue weighted by atomic mass is 10.1. The van der Waals surface area contributed by atoms with Gasteiger partial charge in [-0.2, -0.15) is 0 Å². The van der Waals surface area contributed by atoms with Crippen molar-refractivity contribution in [3.8, 4) is 0 Å². The Hall–Kier alpha value is -2.00. The number of pyridine rings is 1. The molecule has 0 atom stereocenters. The predicted molar refractivity (Wildman–Crippen MR) is 86.9 cm³/mol. The maximum atomic E-state index is 6.26. The van der Waals surface area contributed by atoms with Gasteiger partial charge in [0, 0.05) is 33.8 Å². The molecule has 1 aromatic heterocycles. The lowest BCUT2D eigenvalue weighted by molar-refractivity contribution is 1.34. The number of hydrogen-bond donors (Lipinski definition) is 1. The molecule has 0 aliphatic rings. The largest absolute Gasteiger partial charge is 0.397 e. The van der Waals surface area contributed by atoms with Crippen LogP contribution in [0.15, 0.2) is 59.8 Å². The van der Waals surface area contributed by atoms with E-state index in [1.807, 2.05) is 12.3 Å². The Bertz CT molecular complexity index is 753. The number of rotatable bonds is 3. The zero-order valence-corrected chi connectivity index (χ0v) is 12.2. The van der Waals surface area contributed by atoms with Gasteiger partial charge in [0.25, 0.3) is 0 Å². The highest BCUT2D eigenvalue weighted by molar-refractivity contribution is 7.98. The lowest BCUT2D eigenvalue weighted by Gasteiger charge is -2.09. The van der Waals surface area contributed by atoms with Crippen molar-refractivity contribution in [3.63, 3.8) is 0 Å². The summed E-state index contributed by atoms with van der Waals surface area (Å²) < 4.78 is 0. The van der Waals surface area contributed by atoms with Crippen LogP contribution in [0.4, 0.5) is 5.69 Å². The Balaban J connectivity index is 1.86. The molecule has 0 saturated carbocycles. The van der Waals surface area contributed by atoms with E-state index in [0.29, 0.717) is 0 Å². The lowest BCUT2D eigenvalue weighted by Crippen LogP contribution is -1.91. The third kappa shape index (κ3) is 2.63. The summed E-state index contributed by atoms with van der Waals surface area (Å²) >= 11 is 1.78. The monoisotopic (exact) mass is 280 g/mol. The summed E-state index contributed by atoms with van der Waals surface area (Å²) in [6.45, 7) is 2.12. The number of anilines is 1. The summed E-state index contributed by atoms with van der Waals surface area (Å²) in [5.41, 5.74) is 9.73. The van der Waals surface area contributed by atoms with E-state index in [0.717, 1.165) is 27.1 Å². The minimum atomic E-state index is 0.850. The molecule has 0 aliphatic heterocycles. The second-order valence-electron chi connectivity index (χ2n) is 4.85. The van der Waals surface area contributed by atoms with Crippen molar-refractivity contribution < 1.29 is 0 Å². The van der Waals surface area contributed by atoms with Crippen LogP contribution >= 0.6 is 11.8 Å². The summed E-state index contributed by atoms with van der Waals surface area (Å²) in [5.74, 6) is 0.933. The summed E-state index contributed by atoms with van der Waals surface area (Å²) in [6, 6.07) is 14.7. The van der Waals surface area contributed by atoms with Crippen molar-refractivity contribution in [3.05, 3.63) is 66.0 Å². The van der Waals surface area contributed by atoms with Gasteiger partial charge in [0.05, 0.1) is 5.69 Å². The number of nitrogens with two attached hydrogens (primary N) is 1. The van der Waals surface area contributed by atoms with Gasteiger partial charge in [0.2, 0.25) is 0 Å². The highest BCUT2D eigenvalue weighted by Gasteiger charge is 2.05. The van der Waals surface area contributed by atoms with E-state index in [1.54, 1.807) is 18.0 Å². The molecule has 0 saturated heterocycles. The van der Waals surface area contributed by atoms with Crippen molar-refractivity contribution in [2.45, 2.75) is 17.6 Å². The van der Waals surface area contributed by atoms with Crippen LogP contribution in [-0.2, 0) is 5.75 Å². The number of nitrogen functional groups attached to an aromatic ring is 1. The normalized spacial score (nSPS) is 10.8. The third-order valence-electron chi connectivity index (χ3n) is 3.30. The molecule has 3 aromatic rings. The number of benzene rings is 2. The quantitative estimate of drug-likeness (QED) is 0.570. The number of aryl methyl sites for hydroxylation is 1. The zero-order chi connectivity index (χ0) is 13.9. The van der Waals surface area contributed by atoms with E-state index < -0.39 is 0 Å². The van der Waals surface area contributed by atoms with Gasteiger partial charge in [-0.25, -0.2) is 0 Å². The first kappa shape index (κ1) is 13.0. The Labute approximate surface area is 123 Å². The maximum absolute atomic E-state index is 6.26. The highest BCUT2D eigenvalue weighted by Crippen LogP contribution is 2.33. The van der Waals surface area contributed by atoms with E-state index in [9.17, 15) is 0 Å². The van der Waals surface area contributed by atoms with Gasteiger partial charge in [0.15, 0.2) is 0 Å². The van der Waals surface area contributed by atoms with Gasteiger partial charge in [-0.15, -0.1) is 11.8 Å². The standard InChI is InChI=1S/C17H16N2S/c1-12-3-2-4-13(9-12)11-20-16-6-5-14-10-19-8-7-15(14)17(16)18/h2-10H,11,18H2,1H3. The van der Waals surface area contributed by atoms with Crippen LogP contribution < -0.4 is 5.73 Å². The Morgan fingerprint density at radius 1 is 1.15 bits per heavy atom. The van der Waals surface area contributed by atoms with Crippen LogP contribution in [0, 0.1) is 6.92 Å². The molecule has 100 valence electrons. The second kappa shape index (κ2) is 5.55. The maximum Gasteiger partial charge on any atom is 0.0533 e. The van der Waals surface area contributed by atoms with Crippen molar-refractivity contribution in [2.24, 2.45) is 0 Å². The molecule has 0 amide bonds. The first-order valence-electron chi connectivity index (χ1n) is 6.54. The van der Waals surface area contributed by atoms with E-state index in [1.165, 1.54) is 11.1 Å². The molecule has 3 rings (SSSR count). The van der Waals surface area contributed by atoms with Crippen molar-refractivity contribution in [1.82, 2.24) is 4.98 Å². The molecule has 2 N–H and O–H groups in total. The SMILES string of the molecule is Cc1cccc(CSc2ccc3cnccc3c2N)c1. The molecule has 0 aliphatic carbocycles. The number of aromatic nitrogens is 1. The fraction of sp³-hybridized carbons (Fsp3) is 0.118. The molecular formula is C17H16N2S. The van der Waals surface area contributed by atoms with Crippen LogP contribution in [0.1, 0.15) is 11.1 Å². The van der Waals surface area contributed by atoms with E-state index in [4.69, 9.17) is 5.73 Å². The fourth-order valence-electron chi connectivity index (χ4n) is 2.26. The van der Waals surface area contributed by atoms with Crippen LogP contribution in [0.3, 0.4) is 0 Å². The Morgan fingerprint density at radius 2 is 2.05 bits per heavy atom. The van der Waals surface area contributed by atoms with Crippen LogP contribution in [0.25, 0.3) is 10.8 Å².